The van der Waals surface area contributed by atoms with E-state index in [-0.39, 0.29) is 0 Å². The van der Waals surface area contributed by atoms with E-state index >= 15 is 0 Å². The quantitative estimate of drug-likeness (QED) is 0.206. The summed E-state index contributed by atoms with van der Waals surface area (Å²) < 4.78 is 10.8. The Morgan fingerprint density at radius 3 is 1.24 bits per heavy atom. The Kier molecular flexibility index (Phi) is 7.44. The van der Waals surface area contributed by atoms with Crippen LogP contribution in [0.2, 0.25) is 0 Å². The lowest BCUT2D eigenvalue weighted by Gasteiger charge is -2.12. The van der Waals surface area contributed by atoms with Gasteiger partial charge in [-0.3, -0.25) is 0 Å². The highest BCUT2D eigenvalue weighted by Gasteiger charge is 2.12. The molecule has 0 saturated carbocycles. The van der Waals surface area contributed by atoms with E-state index in [0.29, 0.717) is 33.8 Å². The highest BCUT2D eigenvalue weighted by molar-refractivity contribution is 5.90. The first-order valence-electron chi connectivity index (χ1n) is 10.6. The van der Waals surface area contributed by atoms with E-state index in [4.69, 9.17) is 9.47 Å². The van der Waals surface area contributed by atoms with Crippen molar-refractivity contribution in [3.63, 3.8) is 0 Å². The fourth-order valence-corrected chi connectivity index (χ4v) is 3.19. The van der Waals surface area contributed by atoms with Crippen molar-refractivity contribution < 1.29 is 19.1 Å². The SMILES string of the molecule is C=Cc1cc(-c2ccc(-c3ccc(OC(=O)C(=C)C)c(C=C)c3)cc2)ccc1OC(=O)C(=C)C. The van der Waals surface area contributed by atoms with E-state index in [0.717, 1.165) is 22.3 Å². The fraction of sp³-hybridized carbons (Fsp3) is 0.0667. The van der Waals surface area contributed by atoms with E-state index in [1.807, 2.05) is 48.5 Å². The van der Waals surface area contributed by atoms with Gasteiger partial charge in [-0.2, -0.15) is 0 Å². The third-order valence-corrected chi connectivity index (χ3v) is 5.11. The Balaban J connectivity index is 1.86. The van der Waals surface area contributed by atoms with Gasteiger partial charge in [-0.05, 0) is 60.4 Å². The van der Waals surface area contributed by atoms with Gasteiger partial charge in [0.05, 0.1) is 0 Å². The van der Waals surface area contributed by atoms with E-state index in [9.17, 15) is 9.59 Å². The van der Waals surface area contributed by atoms with Crippen molar-refractivity contribution in [2.24, 2.45) is 0 Å². The third kappa shape index (κ3) is 5.48. The average Bonchev–Trinajstić information content (AvgIpc) is 2.84. The van der Waals surface area contributed by atoms with Crippen molar-refractivity contribution in [1.82, 2.24) is 0 Å². The predicted octanol–water partition coefficient (Wildman–Crippen LogP) is 7.27. The highest BCUT2D eigenvalue weighted by Crippen LogP contribution is 2.32. The van der Waals surface area contributed by atoms with Gasteiger partial charge in [-0.15, -0.1) is 0 Å². The Hall–Kier alpha value is -4.44. The zero-order chi connectivity index (χ0) is 24.8. The molecule has 0 atom stereocenters. The molecule has 3 aromatic carbocycles. The van der Waals surface area contributed by atoms with Crippen LogP contribution in [0.25, 0.3) is 34.4 Å². The van der Waals surface area contributed by atoms with Crippen LogP contribution in [-0.4, -0.2) is 11.9 Å². The summed E-state index contributed by atoms with van der Waals surface area (Å²) in [6.45, 7) is 18.1. The molecule has 0 radical (unpaired) electrons. The number of ether oxygens (including phenoxy) is 2. The maximum Gasteiger partial charge on any atom is 0.338 e. The van der Waals surface area contributed by atoms with E-state index in [1.165, 1.54) is 0 Å². The van der Waals surface area contributed by atoms with Crippen LogP contribution in [0.4, 0.5) is 0 Å². The van der Waals surface area contributed by atoms with Gasteiger partial charge in [0.25, 0.3) is 0 Å². The molecule has 0 aliphatic heterocycles. The summed E-state index contributed by atoms with van der Waals surface area (Å²) in [5.74, 6) is -0.0699. The summed E-state index contributed by atoms with van der Waals surface area (Å²) in [7, 11) is 0. The van der Waals surface area contributed by atoms with Crippen molar-refractivity contribution >= 4 is 24.1 Å². The first-order valence-corrected chi connectivity index (χ1v) is 10.6. The predicted molar refractivity (Wildman–Crippen MR) is 138 cm³/mol. The minimum atomic E-state index is -0.473. The highest BCUT2D eigenvalue weighted by atomic mass is 16.5. The monoisotopic (exact) mass is 450 g/mol. The van der Waals surface area contributed by atoms with Crippen molar-refractivity contribution in [3.8, 4) is 33.8 Å². The molecule has 34 heavy (non-hydrogen) atoms. The molecular formula is C30H26O4. The summed E-state index contributed by atoms with van der Waals surface area (Å²) in [6.07, 6.45) is 3.30. The fourth-order valence-electron chi connectivity index (χ4n) is 3.19. The van der Waals surface area contributed by atoms with Crippen molar-refractivity contribution in [1.29, 1.82) is 0 Å². The molecule has 0 saturated heterocycles. The lowest BCUT2D eigenvalue weighted by Crippen LogP contribution is -2.09. The molecule has 0 heterocycles. The van der Waals surface area contributed by atoms with Gasteiger partial charge in [0.1, 0.15) is 11.5 Å². The number of hydrogen-bond donors (Lipinski definition) is 0. The van der Waals surface area contributed by atoms with Gasteiger partial charge in [-0.1, -0.05) is 74.9 Å². The second-order valence-corrected chi connectivity index (χ2v) is 7.83. The number of esters is 2. The second kappa shape index (κ2) is 10.5. The molecule has 0 aromatic heterocycles. The molecule has 3 aromatic rings. The van der Waals surface area contributed by atoms with Gasteiger partial charge in [0, 0.05) is 22.3 Å². The smallest absolute Gasteiger partial charge is 0.338 e. The van der Waals surface area contributed by atoms with Crippen LogP contribution in [-0.2, 0) is 9.59 Å². The molecule has 0 fully saturated rings. The molecule has 0 unspecified atom stereocenters. The van der Waals surface area contributed by atoms with Gasteiger partial charge in [0.2, 0.25) is 0 Å². The maximum atomic E-state index is 11.9. The summed E-state index contributed by atoms with van der Waals surface area (Å²) >= 11 is 0. The number of hydrogen-bond acceptors (Lipinski definition) is 4. The maximum absolute atomic E-state index is 11.9. The molecule has 4 heteroatoms. The van der Waals surface area contributed by atoms with Crippen LogP contribution in [0.5, 0.6) is 11.5 Å². The molecule has 0 aliphatic rings. The zero-order valence-corrected chi connectivity index (χ0v) is 19.4. The molecule has 0 aliphatic carbocycles. The molecular weight excluding hydrogens is 424 g/mol. The van der Waals surface area contributed by atoms with Crippen LogP contribution >= 0.6 is 0 Å². The first kappa shape index (κ1) is 24.2. The molecule has 0 amide bonds. The first-order chi connectivity index (χ1) is 16.2. The van der Waals surface area contributed by atoms with Crippen molar-refractivity contribution in [2.45, 2.75) is 13.8 Å². The van der Waals surface area contributed by atoms with Gasteiger partial charge >= 0.3 is 11.9 Å². The lowest BCUT2D eigenvalue weighted by molar-refractivity contribution is -0.130. The molecule has 0 spiro atoms. The van der Waals surface area contributed by atoms with E-state index in [2.05, 4.69) is 26.3 Å². The van der Waals surface area contributed by atoms with E-state index < -0.39 is 11.9 Å². The molecule has 4 nitrogen and oxygen atoms in total. The van der Waals surface area contributed by atoms with Crippen LogP contribution in [0.1, 0.15) is 25.0 Å². The topological polar surface area (TPSA) is 52.6 Å². The van der Waals surface area contributed by atoms with Crippen LogP contribution in [0.3, 0.4) is 0 Å². The average molecular weight is 451 g/mol. The van der Waals surface area contributed by atoms with Gasteiger partial charge in [-0.25, -0.2) is 9.59 Å². The van der Waals surface area contributed by atoms with Crippen molar-refractivity contribution in [2.75, 3.05) is 0 Å². The Bertz CT molecular complexity index is 1210. The summed E-state index contributed by atoms with van der Waals surface area (Å²) in [5.41, 5.74) is 6.02. The molecule has 0 N–H and O–H groups in total. The minimum absolute atomic E-state index is 0.330. The standard InChI is InChI=1S/C30H26O4/c1-7-21-17-25(13-15-27(21)33-29(31)19(3)4)23-9-11-24(12-10-23)26-14-16-28(22(8-2)18-26)34-30(32)20(5)6/h7-18H,1-3,5H2,4,6H3. The lowest BCUT2D eigenvalue weighted by atomic mass is 9.97. The molecule has 3 rings (SSSR count). The Morgan fingerprint density at radius 2 is 0.941 bits per heavy atom. The van der Waals surface area contributed by atoms with Crippen LogP contribution in [0.15, 0.2) is 98.1 Å². The zero-order valence-electron chi connectivity index (χ0n) is 19.4. The van der Waals surface area contributed by atoms with Crippen LogP contribution < -0.4 is 9.47 Å². The summed E-state index contributed by atoms with van der Waals surface area (Å²) in [6, 6.07) is 19.2. The number of carbonyl (C=O) groups excluding carboxylic acids is 2. The van der Waals surface area contributed by atoms with Crippen molar-refractivity contribution in [3.05, 3.63) is 109 Å². The Labute approximate surface area is 200 Å². The van der Waals surface area contributed by atoms with Gasteiger partial charge < -0.3 is 9.47 Å². The Morgan fingerprint density at radius 1 is 0.618 bits per heavy atom. The number of benzene rings is 3. The number of carbonyl (C=O) groups is 2. The van der Waals surface area contributed by atoms with E-state index in [1.54, 1.807) is 38.1 Å². The van der Waals surface area contributed by atoms with Gasteiger partial charge in [0.15, 0.2) is 0 Å². The molecule has 170 valence electrons. The molecule has 0 bridgehead atoms. The minimum Gasteiger partial charge on any atom is -0.423 e. The normalized spacial score (nSPS) is 10.2. The summed E-state index contributed by atoms with van der Waals surface area (Å²) in [4.78, 5) is 23.7. The number of rotatable bonds is 8. The third-order valence-electron chi connectivity index (χ3n) is 5.11. The largest absolute Gasteiger partial charge is 0.423 e. The second-order valence-electron chi connectivity index (χ2n) is 7.83. The summed E-state index contributed by atoms with van der Waals surface area (Å²) in [5, 5.41) is 0. The van der Waals surface area contributed by atoms with Crippen LogP contribution in [0, 0.1) is 0 Å².